The Hall–Kier alpha value is 0.0687. The van der Waals surface area contributed by atoms with Gasteiger partial charge in [-0.25, -0.2) is 0 Å². The number of carboxylic acid groups (broad SMARTS) is 1. The van der Waals surface area contributed by atoms with Crippen LogP contribution in [0.25, 0.3) is 0 Å². The van der Waals surface area contributed by atoms with Crippen LogP contribution in [0, 0.1) is 0 Å². The number of hydrogen-bond donors (Lipinski definition) is 5. The third-order valence-electron chi connectivity index (χ3n) is 1.50. The van der Waals surface area contributed by atoms with E-state index in [-0.39, 0.29) is 23.9 Å². The maximum Gasteiger partial charge on any atom is 2.00 e. The van der Waals surface area contributed by atoms with E-state index in [0.29, 0.717) is 0 Å². The summed E-state index contributed by atoms with van der Waals surface area (Å²) in [7, 11) is 0. The van der Waals surface area contributed by atoms with Crippen LogP contribution in [0.5, 0.6) is 0 Å². The van der Waals surface area contributed by atoms with Crippen LogP contribution in [0.4, 0.5) is 0 Å². The van der Waals surface area contributed by atoms with Gasteiger partial charge in [-0.3, -0.25) is 0 Å². The van der Waals surface area contributed by atoms with Gasteiger partial charge in [0.25, 0.3) is 0 Å². The van der Waals surface area contributed by atoms with Crippen LogP contribution in [-0.4, -0.2) is 86.4 Å². The molecule has 0 spiro atoms. The first-order valence-electron chi connectivity index (χ1n) is 3.45. The van der Waals surface area contributed by atoms with Gasteiger partial charge in [0.05, 0.1) is 12.6 Å². The van der Waals surface area contributed by atoms with Crippen LogP contribution in [0.15, 0.2) is 0 Å². The zero-order valence-corrected chi connectivity index (χ0v) is 9.92. The molecule has 0 amide bonds. The summed E-state index contributed by atoms with van der Waals surface area (Å²) >= 11 is 0. The van der Waals surface area contributed by atoms with E-state index in [4.69, 9.17) is 25.5 Å². The molecule has 0 aliphatic heterocycles. The SMILES string of the molecule is O=C([O-])[C@H](O)[C@@H](O)[C@H](O)[C@H](O)CO.[Sn+2]. The molecule has 14 heavy (non-hydrogen) atoms. The van der Waals surface area contributed by atoms with Gasteiger partial charge in [-0.1, -0.05) is 0 Å². The second kappa shape index (κ2) is 7.37. The van der Waals surface area contributed by atoms with Crippen molar-refractivity contribution in [2.45, 2.75) is 24.4 Å². The van der Waals surface area contributed by atoms with Crippen molar-refractivity contribution < 1.29 is 35.4 Å². The van der Waals surface area contributed by atoms with Gasteiger partial charge in [-0.05, 0) is 0 Å². The smallest absolute Gasteiger partial charge is 0.547 e. The zero-order valence-electron chi connectivity index (χ0n) is 7.07. The summed E-state index contributed by atoms with van der Waals surface area (Å²) in [5, 5.41) is 53.4. The number of carbonyl (C=O) groups is 1. The number of rotatable bonds is 5. The number of carboxylic acids is 1. The van der Waals surface area contributed by atoms with E-state index in [1.165, 1.54) is 0 Å². The molecule has 0 aromatic heterocycles. The molecule has 5 N–H and O–H groups in total. The molecule has 0 aliphatic carbocycles. The minimum absolute atomic E-state index is 0. The summed E-state index contributed by atoms with van der Waals surface area (Å²) < 4.78 is 0. The number of aliphatic hydroxyl groups excluding tert-OH is 5. The first kappa shape index (κ1) is 16.5. The first-order chi connectivity index (χ1) is 5.91. The average Bonchev–Trinajstić information content (AvgIpc) is 2.12. The minimum atomic E-state index is -2.31. The Balaban J connectivity index is 0. The maximum atomic E-state index is 9.98. The van der Waals surface area contributed by atoms with Crippen LogP contribution in [0.3, 0.4) is 0 Å². The Kier molecular flexibility index (Phi) is 8.69. The molecule has 0 fully saturated rings. The van der Waals surface area contributed by atoms with Crippen molar-refractivity contribution in [2.24, 2.45) is 0 Å². The summed E-state index contributed by atoms with van der Waals surface area (Å²) in [6.07, 6.45) is -8.08. The van der Waals surface area contributed by atoms with Gasteiger partial charge in [-0.15, -0.1) is 0 Å². The molecule has 0 saturated heterocycles. The van der Waals surface area contributed by atoms with Gasteiger partial charge in [0, 0.05) is 0 Å². The zero-order chi connectivity index (χ0) is 10.6. The molecule has 0 aliphatic rings. The van der Waals surface area contributed by atoms with E-state index in [2.05, 4.69) is 0 Å². The molecule has 7 nitrogen and oxygen atoms in total. The Morgan fingerprint density at radius 2 is 1.57 bits per heavy atom. The van der Waals surface area contributed by atoms with Gasteiger partial charge < -0.3 is 35.4 Å². The molecular formula is C6H11O7Sn+. The summed E-state index contributed by atoms with van der Waals surface area (Å²) in [5.74, 6) is -1.98. The van der Waals surface area contributed by atoms with Crippen LogP contribution < -0.4 is 5.11 Å². The van der Waals surface area contributed by atoms with Crippen molar-refractivity contribution >= 4 is 29.9 Å². The fourth-order valence-electron chi connectivity index (χ4n) is 0.662. The maximum absolute atomic E-state index is 9.98. The predicted octanol–water partition coefficient (Wildman–Crippen LogP) is -5.21. The molecule has 0 rings (SSSR count). The fourth-order valence-corrected chi connectivity index (χ4v) is 0.662. The molecule has 0 bridgehead atoms. The van der Waals surface area contributed by atoms with Gasteiger partial charge in [-0.2, -0.15) is 0 Å². The van der Waals surface area contributed by atoms with Crippen LogP contribution >= 0.6 is 0 Å². The summed E-state index contributed by atoms with van der Waals surface area (Å²) in [6.45, 7) is -0.863. The van der Waals surface area contributed by atoms with Gasteiger partial charge >= 0.3 is 23.9 Å². The quantitative estimate of drug-likeness (QED) is 0.319. The van der Waals surface area contributed by atoms with Gasteiger partial charge in [0.2, 0.25) is 0 Å². The van der Waals surface area contributed by atoms with E-state index in [1.807, 2.05) is 0 Å². The Labute approximate surface area is 96.6 Å². The van der Waals surface area contributed by atoms with Crippen molar-refractivity contribution in [1.29, 1.82) is 0 Å². The average molecular weight is 314 g/mol. The van der Waals surface area contributed by atoms with E-state index < -0.39 is 37.0 Å². The molecule has 8 heteroatoms. The summed E-state index contributed by atoms with van der Waals surface area (Å²) in [4.78, 5) is 9.98. The van der Waals surface area contributed by atoms with E-state index >= 15 is 0 Å². The second-order valence-corrected chi connectivity index (χ2v) is 2.49. The Morgan fingerprint density at radius 1 is 1.14 bits per heavy atom. The second-order valence-electron chi connectivity index (χ2n) is 2.49. The number of hydrogen-bond acceptors (Lipinski definition) is 7. The van der Waals surface area contributed by atoms with Gasteiger partial charge in [0.15, 0.2) is 0 Å². The van der Waals surface area contributed by atoms with Crippen molar-refractivity contribution in [2.75, 3.05) is 6.61 Å². The van der Waals surface area contributed by atoms with Crippen LogP contribution in [0.1, 0.15) is 0 Å². The number of aliphatic hydroxyl groups is 5. The number of carbonyl (C=O) groups excluding carboxylic acids is 1. The topological polar surface area (TPSA) is 141 Å². The van der Waals surface area contributed by atoms with E-state index in [0.717, 1.165) is 0 Å². The standard InChI is InChI=1S/C6H12O7.Sn/c7-1-2(8)3(9)4(10)5(11)6(12)13;/h2-5,7-11H,1H2,(H,12,13);/q;+2/p-1/t2-,3-,4+,5-;/m1./s1. The third kappa shape index (κ3) is 4.53. The largest absolute Gasteiger partial charge is 2.00 e. The van der Waals surface area contributed by atoms with Gasteiger partial charge in [0.1, 0.15) is 24.4 Å². The van der Waals surface area contributed by atoms with Crippen molar-refractivity contribution in [1.82, 2.24) is 0 Å². The minimum Gasteiger partial charge on any atom is -0.547 e. The molecule has 0 heterocycles. The molecule has 80 valence electrons. The normalized spacial score (nSPS) is 18.9. The predicted molar refractivity (Wildman–Crippen MR) is 41.9 cm³/mol. The molecule has 4 atom stereocenters. The van der Waals surface area contributed by atoms with E-state index in [1.54, 1.807) is 0 Å². The molecule has 0 aromatic rings. The van der Waals surface area contributed by atoms with E-state index in [9.17, 15) is 9.90 Å². The molecule has 0 unspecified atom stereocenters. The summed E-state index contributed by atoms with van der Waals surface area (Å²) in [5.41, 5.74) is 0. The molecule has 0 saturated carbocycles. The molecular weight excluding hydrogens is 303 g/mol. The van der Waals surface area contributed by atoms with Crippen molar-refractivity contribution in [3.8, 4) is 0 Å². The molecule has 2 radical (unpaired) electrons. The summed E-state index contributed by atoms with van der Waals surface area (Å²) in [6, 6.07) is 0. The van der Waals surface area contributed by atoms with Crippen LogP contribution in [0.2, 0.25) is 0 Å². The van der Waals surface area contributed by atoms with Crippen LogP contribution in [-0.2, 0) is 4.79 Å². The number of aliphatic carboxylic acids is 1. The fraction of sp³-hybridized carbons (Fsp3) is 0.833. The molecule has 0 aromatic carbocycles. The first-order valence-corrected chi connectivity index (χ1v) is 3.45. The van der Waals surface area contributed by atoms with Crippen molar-refractivity contribution in [3.63, 3.8) is 0 Å². The third-order valence-corrected chi connectivity index (χ3v) is 1.50. The monoisotopic (exact) mass is 315 g/mol. The Bertz CT molecular complexity index is 176. The Morgan fingerprint density at radius 3 is 1.86 bits per heavy atom. The van der Waals surface area contributed by atoms with Crippen molar-refractivity contribution in [3.05, 3.63) is 0 Å².